The van der Waals surface area contributed by atoms with Crippen LogP contribution in [0.4, 0.5) is 0 Å². The molecule has 0 unspecified atom stereocenters. The molecule has 0 aromatic heterocycles. The van der Waals surface area contributed by atoms with E-state index in [9.17, 15) is 0 Å². The van der Waals surface area contributed by atoms with Gasteiger partial charge >= 0.3 is 0 Å². The van der Waals surface area contributed by atoms with Crippen LogP contribution in [0.3, 0.4) is 0 Å². The molecule has 2 aromatic carbocycles. The molecule has 1 aliphatic rings. The highest BCUT2D eigenvalue weighted by molar-refractivity contribution is 5.46. The van der Waals surface area contributed by atoms with Crippen molar-refractivity contribution >= 4 is 0 Å². The smallest absolute Gasteiger partial charge is 0.126 e. The number of nitrogens with one attached hydrogen (secondary N) is 1. The minimum absolute atomic E-state index is 0.299. The van der Waals surface area contributed by atoms with Crippen molar-refractivity contribution in [3.8, 4) is 11.8 Å². The average Bonchev–Trinajstić information content (AvgIpc) is 2.53. The molecule has 0 bridgehead atoms. The second kappa shape index (κ2) is 6.21. The van der Waals surface area contributed by atoms with Gasteiger partial charge in [0.25, 0.3) is 0 Å². The monoisotopic (exact) mass is 292 g/mol. The molecule has 3 rings (SSSR count). The van der Waals surface area contributed by atoms with Crippen molar-refractivity contribution in [2.75, 3.05) is 6.61 Å². The predicted octanol–water partition coefficient (Wildman–Crippen LogP) is 3.79. The van der Waals surface area contributed by atoms with Crippen molar-refractivity contribution in [1.29, 1.82) is 5.26 Å². The molecule has 0 fully saturated rings. The van der Waals surface area contributed by atoms with Gasteiger partial charge < -0.3 is 10.1 Å². The summed E-state index contributed by atoms with van der Waals surface area (Å²) < 4.78 is 5.84. The molecule has 2 aromatic rings. The van der Waals surface area contributed by atoms with Crippen LogP contribution < -0.4 is 10.1 Å². The fraction of sp³-hybridized carbons (Fsp3) is 0.316. The Balaban J connectivity index is 1.79. The molecule has 1 aliphatic heterocycles. The summed E-state index contributed by atoms with van der Waals surface area (Å²) in [5.74, 6) is 1.03. The second-order valence-electron chi connectivity index (χ2n) is 5.88. The zero-order valence-corrected chi connectivity index (χ0v) is 13.0. The Morgan fingerprint density at radius 3 is 2.95 bits per heavy atom. The van der Waals surface area contributed by atoms with Gasteiger partial charge in [0.05, 0.1) is 18.2 Å². The van der Waals surface area contributed by atoms with Gasteiger partial charge in [0.1, 0.15) is 5.75 Å². The lowest BCUT2D eigenvalue weighted by Crippen LogP contribution is -2.27. The molecular formula is C19H20N2O. The third-order valence-electron chi connectivity index (χ3n) is 4.08. The van der Waals surface area contributed by atoms with Crippen molar-refractivity contribution in [3.05, 3.63) is 64.2 Å². The highest BCUT2D eigenvalue weighted by atomic mass is 16.5. The molecule has 22 heavy (non-hydrogen) atoms. The molecule has 0 spiro atoms. The molecule has 3 heteroatoms. The molecule has 1 heterocycles. The third kappa shape index (κ3) is 2.98. The SMILES string of the molecule is Cc1cc(C)c2c(c1)[C@@H](NCc1cccc(C#N)c1)CCO2. The van der Waals surface area contributed by atoms with Crippen LogP contribution in [0, 0.1) is 25.2 Å². The molecule has 0 radical (unpaired) electrons. The van der Waals surface area contributed by atoms with Crippen LogP contribution in [-0.4, -0.2) is 6.61 Å². The third-order valence-corrected chi connectivity index (χ3v) is 4.08. The maximum Gasteiger partial charge on any atom is 0.126 e. The summed E-state index contributed by atoms with van der Waals surface area (Å²) in [4.78, 5) is 0. The first-order valence-corrected chi connectivity index (χ1v) is 7.64. The Morgan fingerprint density at radius 1 is 1.27 bits per heavy atom. The number of ether oxygens (including phenoxy) is 1. The lowest BCUT2D eigenvalue weighted by molar-refractivity contribution is 0.250. The van der Waals surface area contributed by atoms with E-state index in [0.717, 1.165) is 30.9 Å². The molecule has 1 N–H and O–H groups in total. The van der Waals surface area contributed by atoms with E-state index in [1.54, 1.807) is 0 Å². The molecule has 0 saturated carbocycles. The minimum atomic E-state index is 0.299. The van der Waals surface area contributed by atoms with E-state index >= 15 is 0 Å². The summed E-state index contributed by atoms with van der Waals surface area (Å²) in [6.45, 7) is 5.72. The average molecular weight is 292 g/mol. The van der Waals surface area contributed by atoms with Crippen LogP contribution in [-0.2, 0) is 6.54 Å². The van der Waals surface area contributed by atoms with E-state index in [-0.39, 0.29) is 0 Å². The van der Waals surface area contributed by atoms with Gasteiger partial charge in [0, 0.05) is 24.6 Å². The van der Waals surface area contributed by atoms with E-state index in [0.29, 0.717) is 11.6 Å². The van der Waals surface area contributed by atoms with E-state index < -0.39 is 0 Å². The fourth-order valence-electron chi connectivity index (χ4n) is 3.08. The number of aryl methyl sites for hydroxylation is 2. The maximum absolute atomic E-state index is 8.98. The number of nitrogens with zero attached hydrogens (tertiary/aromatic N) is 1. The summed E-state index contributed by atoms with van der Waals surface area (Å²) >= 11 is 0. The first-order chi connectivity index (χ1) is 10.7. The molecular weight excluding hydrogens is 272 g/mol. The van der Waals surface area contributed by atoms with Crippen LogP contribution in [0.2, 0.25) is 0 Å². The second-order valence-corrected chi connectivity index (χ2v) is 5.88. The molecule has 3 nitrogen and oxygen atoms in total. The number of hydrogen-bond donors (Lipinski definition) is 1. The quantitative estimate of drug-likeness (QED) is 0.936. The summed E-state index contributed by atoms with van der Waals surface area (Å²) in [6, 6.07) is 14.6. The Morgan fingerprint density at radius 2 is 2.14 bits per heavy atom. The topological polar surface area (TPSA) is 45.0 Å². The van der Waals surface area contributed by atoms with Crippen molar-refractivity contribution in [1.82, 2.24) is 5.32 Å². The largest absolute Gasteiger partial charge is 0.493 e. The van der Waals surface area contributed by atoms with Gasteiger partial charge in [0.15, 0.2) is 0 Å². The maximum atomic E-state index is 8.98. The minimum Gasteiger partial charge on any atom is -0.493 e. The van der Waals surface area contributed by atoms with Gasteiger partial charge in [-0.1, -0.05) is 29.8 Å². The number of benzene rings is 2. The fourth-order valence-corrected chi connectivity index (χ4v) is 3.08. The van der Waals surface area contributed by atoms with Crippen LogP contribution in [0.15, 0.2) is 36.4 Å². The van der Waals surface area contributed by atoms with E-state index in [4.69, 9.17) is 10.00 Å². The summed E-state index contributed by atoms with van der Waals surface area (Å²) in [6.07, 6.45) is 0.966. The Bertz CT molecular complexity index is 731. The van der Waals surface area contributed by atoms with Crippen molar-refractivity contribution in [3.63, 3.8) is 0 Å². The Labute approximate surface area is 131 Å². The standard InChI is InChI=1S/C19H20N2O/c1-13-8-14(2)19-17(9-13)18(6-7-22-19)21-12-16-5-3-4-15(10-16)11-20/h3-5,8-10,18,21H,6-7,12H2,1-2H3/t18-/m0/s1. The van der Waals surface area contributed by atoms with Crippen LogP contribution >= 0.6 is 0 Å². The molecule has 0 saturated heterocycles. The van der Waals surface area contributed by atoms with Crippen LogP contribution in [0.5, 0.6) is 5.75 Å². The van der Waals surface area contributed by atoms with Gasteiger partial charge in [-0.3, -0.25) is 0 Å². The van der Waals surface area contributed by atoms with Crippen LogP contribution in [0.25, 0.3) is 0 Å². The summed E-state index contributed by atoms with van der Waals surface area (Å²) in [5, 5.41) is 12.6. The molecule has 0 amide bonds. The highest BCUT2D eigenvalue weighted by Gasteiger charge is 2.22. The summed E-state index contributed by atoms with van der Waals surface area (Å²) in [7, 11) is 0. The number of fused-ring (bicyclic) bond motifs is 1. The van der Waals surface area contributed by atoms with Gasteiger partial charge in [-0.2, -0.15) is 5.26 Å². The van der Waals surface area contributed by atoms with Gasteiger partial charge in [-0.15, -0.1) is 0 Å². The first-order valence-electron chi connectivity index (χ1n) is 7.64. The molecule has 112 valence electrons. The van der Waals surface area contributed by atoms with Crippen molar-refractivity contribution in [2.24, 2.45) is 0 Å². The molecule has 0 aliphatic carbocycles. The van der Waals surface area contributed by atoms with Crippen molar-refractivity contribution in [2.45, 2.75) is 32.9 Å². The Kier molecular flexibility index (Phi) is 4.13. The Hall–Kier alpha value is -2.31. The zero-order valence-electron chi connectivity index (χ0n) is 13.0. The van der Waals surface area contributed by atoms with Crippen LogP contribution in [0.1, 0.15) is 40.3 Å². The number of hydrogen-bond acceptors (Lipinski definition) is 3. The first kappa shape index (κ1) is 14.6. The number of nitriles is 1. The number of rotatable bonds is 3. The van der Waals surface area contributed by atoms with E-state index in [2.05, 4.69) is 43.4 Å². The highest BCUT2D eigenvalue weighted by Crippen LogP contribution is 2.35. The van der Waals surface area contributed by atoms with Gasteiger partial charge in [-0.25, -0.2) is 0 Å². The summed E-state index contributed by atoms with van der Waals surface area (Å²) in [5.41, 5.74) is 5.56. The predicted molar refractivity (Wildman–Crippen MR) is 86.8 cm³/mol. The normalized spacial score (nSPS) is 16.5. The van der Waals surface area contributed by atoms with E-state index in [1.807, 2.05) is 18.2 Å². The molecule has 1 atom stereocenters. The van der Waals surface area contributed by atoms with Gasteiger partial charge in [-0.05, 0) is 37.1 Å². The van der Waals surface area contributed by atoms with Crippen molar-refractivity contribution < 1.29 is 4.74 Å². The van der Waals surface area contributed by atoms with Gasteiger partial charge in [0.2, 0.25) is 0 Å². The lowest BCUT2D eigenvalue weighted by atomic mass is 9.95. The lowest BCUT2D eigenvalue weighted by Gasteiger charge is -2.28. The van der Waals surface area contributed by atoms with E-state index in [1.165, 1.54) is 16.7 Å². The zero-order chi connectivity index (χ0) is 15.5.